The molecule has 2 N–H and O–H groups in total. The van der Waals surface area contributed by atoms with Gasteiger partial charge in [-0.1, -0.05) is 64.2 Å². The molecule has 8 unspecified atom stereocenters. The molecule has 0 radical (unpaired) electrons. The Morgan fingerprint density at radius 2 is 0.800 bits per heavy atom. The lowest BCUT2D eigenvalue weighted by Crippen LogP contribution is -2.45. The largest absolute Gasteiger partial charge is 0.254 e. The van der Waals surface area contributed by atoms with Gasteiger partial charge >= 0.3 is 0 Å². The van der Waals surface area contributed by atoms with Crippen LogP contribution < -0.4 is 10.9 Å². The third-order valence-electron chi connectivity index (χ3n) is 9.26. The van der Waals surface area contributed by atoms with Crippen LogP contribution in [0.4, 0.5) is 0 Å². The van der Waals surface area contributed by atoms with Gasteiger partial charge in [-0.25, -0.2) is 0 Å². The summed E-state index contributed by atoms with van der Waals surface area (Å²) < 4.78 is 0. The molecule has 5 fully saturated rings. The van der Waals surface area contributed by atoms with Crippen molar-refractivity contribution in [1.82, 2.24) is 10.9 Å². The summed E-state index contributed by atoms with van der Waals surface area (Å²) in [6.07, 6.45) is 22.7. The number of nitrogens with one attached hydrogen (secondary N) is 2. The van der Waals surface area contributed by atoms with Gasteiger partial charge < -0.3 is 0 Å². The fourth-order valence-electron chi connectivity index (χ4n) is 8.14. The molecule has 0 amide bonds. The van der Waals surface area contributed by atoms with Crippen molar-refractivity contribution in [2.75, 3.05) is 0 Å². The van der Waals surface area contributed by atoms with Gasteiger partial charge in [-0.15, -0.1) is 0 Å². The number of rotatable bonds is 2. The predicted octanol–water partition coefficient (Wildman–Crippen LogP) is 5.43. The molecule has 5 aliphatic rings. The fourth-order valence-corrected chi connectivity index (χ4v) is 8.14. The van der Waals surface area contributed by atoms with E-state index in [1.165, 1.54) is 96.3 Å². The molecular formula is C23H40N2. The highest BCUT2D eigenvalue weighted by Crippen LogP contribution is 2.49. The van der Waals surface area contributed by atoms with Crippen LogP contribution in [0, 0.1) is 35.5 Å². The SMILES string of the molecule is C1CCC2C(C1)CCCC2C1CC(C2CCCC3CCCCC32)NN1. The lowest BCUT2D eigenvalue weighted by Gasteiger charge is -2.45. The lowest BCUT2D eigenvalue weighted by molar-refractivity contribution is 0.0729. The minimum absolute atomic E-state index is 0.778. The Labute approximate surface area is 155 Å². The van der Waals surface area contributed by atoms with Crippen molar-refractivity contribution in [2.45, 2.75) is 108 Å². The van der Waals surface area contributed by atoms with E-state index >= 15 is 0 Å². The number of hydrazine groups is 1. The van der Waals surface area contributed by atoms with Crippen LogP contribution in [0.2, 0.25) is 0 Å². The maximum absolute atomic E-state index is 3.85. The summed E-state index contributed by atoms with van der Waals surface area (Å²) in [6.45, 7) is 0. The Balaban J connectivity index is 1.24. The van der Waals surface area contributed by atoms with Crippen molar-refractivity contribution in [3.05, 3.63) is 0 Å². The molecule has 1 aliphatic heterocycles. The normalized spacial score (nSPS) is 50.9. The maximum Gasteiger partial charge on any atom is 0.0259 e. The van der Waals surface area contributed by atoms with Gasteiger partial charge in [0.25, 0.3) is 0 Å². The second kappa shape index (κ2) is 7.50. The lowest BCUT2D eigenvalue weighted by atomic mass is 9.61. The predicted molar refractivity (Wildman–Crippen MR) is 104 cm³/mol. The zero-order chi connectivity index (χ0) is 16.6. The van der Waals surface area contributed by atoms with E-state index in [0.717, 1.165) is 47.6 Å². The van der Waals surface area contributed by atoms with Crippen LogP contribution >= 0.6 is 0 Å². The second-order valence-electron chi connectivity index (χ2n) is 10.3. The molecule has 8 atom stereocenters. The first kappa shape index (κ1) is 17.0. The summed E-state index contributed by atoms with van der Waals surface area (Å²) in [6, 6.07) is 1.56. The van der Waals surface area contributed by atoms with Gasteiger partial charge in [0.05, 0.1) is 0 Å². The van der Waals surface area contributed by atoms with Crippen molar-refractivity contribution in [3.63, 3.8) is 0 Å². The first-order valence-corrected chi connectivity index (χ1v) is 11.9. The van der Waals surface area contributed by atoms with E-state index in [2.05, 4.69) is 10.9 Å². The molecular weight excluding hydrogens is 304 g/mol. The molecule has 0 aromatic carbocycles. The zero-order valence-electron chi connectivity index (χ0n) is 16.2. The summed E-state index contributed by atoms with van der Waals surface area (Å²) in [7, 11) is 0. The third kappa shape index (κ3) is 3.31. The van der Waals surface area contributed by atoms with Crippen molar-refractivity contribution < 1.29 is 0 Å². The fraction of sp³-hybridized carbons (Fsp3) is 1.00. The van der Waals surface area contributed by atoms with Crippen LogP contribution in [0.25, 0.3) is 0 Å². The van der Waals surface area contributed by atoms with Gasteiger partial charge in [0.1, 0.15) is 0 Å². The van der Waals surface area contributed by atoms with Crippen molar-refractivity contribution in [3.8, 4) is 0 Å². The highest BCUT2D eigenvalue weighted by Gasteiger charge is 2.45. The highest BCUT2D eigenvalue weighted by atomic mass is 15.4. The molecule has 0 spiro atoms. The quantitative estimate of drug-likeness (QED) is 0.697. The first-order chi connectivity index (χ1) is 12.4. The van der Waals surface area contributed by atoms with Crippen molar-refractivity contribution in [2.24, 2.45) is 35.5 Å². The Hall–Kier alpha value is -0.0800. The van der Waals surface area contributed by atoms with Gasteiger partial charge in [-0.3, -0.25) is 10.9 Å². The molecule has 4 saturated carbocycles. The molecule has 2 heteroatoms. The van der Waals surface area contributed by atoms with Gasteiger partial charge in [0.15, 0.2) is 0 Å². The van der Waals surface area contributed by atoms with Gasteiger partial charge in [-0.05, 0) is 67.6 Å². The Morgan fingerprint density at radius 1 is 0.400 bits per heavy atom. The van der Waals surface area contributed by atoms with Crippen LogP contribution in [-0.2, 0) is 0 Å². The Morgan fingerprint density at radius 3 is 1.32 bits per heavy atom. The molecule has 4 aliphatic carbocycles. The molecule has 0 aromatic heterocycles. The van der Waals surface area contributed by atoms with Crippen LogP contribution in [0.1, 0.15) is 96.3 Å². The molecule has 2 nitrogen and oxygen atoms in total. The van der Waals surface area contributed by atoms with Crippen molar-refractivity contribution >= 4 is 0 Å². The Bertz CT molecular complexity index is 405. The average molecular weight is 345 g/mol. The van der Waals surface area contributed by atoms with Gasteiger partial charge in [-0.2, -0.15) is 0 Å². The van der Waals surface area contributed by atoms with Gasteiger partial charge in [0.2, 0.25) is 0 Å². The molecule has 0 bridgehead atoms. The van der Waals surface area contributed by atoms with E-state index in [0.29, 0.717) is 0 Å². The van der Waals surface area contributed by atoms with E-state index in [1.54, 1.807) is 0 Å². The highest BCUT2D eigenvalue weighted by molar-refractivity contribution is 4.99. The van der Waals surface area contributed by atoms with E-state index in [4.69, 9.17) is 0 Å². The zero-order valence-corrected chi connectivity index (χ0v) is 16.2. The monoisotopic (exact) mass is 344 g/mol. The smallest absolute Gasteiger partial charge is 0.0259 e. The molecule has 0 aromatic rings. The molecule has 5 rings (SSSR count). The van der Waals surface area contributed by atoms with E-state index in [1.807, 2.05) is 0 Å². The minimum atomic E-state index is 0.778. The second-order valence-corrected chi connectivity index (χ2v) is 10.3. The summed E-state index contributed by atoms with van der Waals surface area (Å²) in [5.74, 6) is 6.20. The molecule has 142 valence electrons. The number of hydrogen-bond donors (Lipinski definition) is 2. The number of hydrogen-bond acceptors (Lipinski definition) is 2. The summed E-state index contributed by atoms with van der Waals surface area (Å²) in [5, 5.41) is 0. The van der Waals surface area contributed by atoms with E-state index in [-0.39, 0.29) is 0 Å². The first-order valence-electron chi connectivity index (χ1n) is 11.9. The van der Waals surface area contributed by atoms with Crippen LogP contribution in [0.15, 0.2) is 0 Å². The topological polar surface area (TPSA) is 24.1 Å². The summed E-state index contributed by atoms with van der Waals surface area (Å²) in [4.78, 5) is 0. The molecule has 1 saturated heterocycles. The number of fused-ring (bicyclic) bond motifs is 2. The van der Waals surface area contributed by atoms with Crippen LogP contribution in [0.3, 0.4) is 0 Å². The molecule has 1 heterocycles. The maximum atomic E-state index is 3.85. The molecule has 25 heavy (non-hydrogen) atoms. The van der Waals surface area contributed by atoms with E-state index in [9.17, 15) is 0 Å². The van der Waals surface area contributed by atoms with Gasteiger partial charge in [0, 0.05) is 12.1 Å². The van der Waals surface area contributed by atoms with Crippen LogP contribution in [0.5, 0.6) is 0 Å². The third-order valence-corrected chi connectivity index (χ3v) is 9.26. The summed E-state index contributed by atoms with van der Waals surface area (Å²) >= 11 is 0. The summed E-state index contributed by atoms with van der Waals surface area (Å²) in [5.41, 5.74) is 7.70. The standard InChI is InChI=1S/C23H40N2/c1-3-11-18-16(7-1)9-5-13-20(18)22-15-23(25-24-22)21-14-6-10-17-8-2-4-12-19(17)21/h16-25H,1-15H2. The Kier molecular flexibility index (Phi) is 5.12. The van der Waals surface area contributed by atoms with E-state index < -0.39 is 0 Å². The minimum Gasteiger partial charge on any atom is -0.254 e. The average Bonchev–Trinajstić information content (AvgIpc) is 3.17. The van der Waals surface area contributed by atoms with Crippen molar-refractivity contribution in [1.29, 1.82) is 0 Å². The van der Waals surface area contributed by atoms with Crippen LogP contribution in [-0.4, -0.2) is 12.1 Å².